The summed E-state index contributed by atoms with van der Waals surface area (Å²) in [4.78, 5) is 7.85. The van der Waals surface area contributed by atoms with Crippen LogP contribution in [0.1, 0.15) is 24.6 Å². The molecule has 2 aliphatic rings. The largest absolute Gasteiger partial charge is 0.381 e. The van der Waals surface area contributed by atoms with Crippen molar-refractivity contribution in [2.24, 2.45) is 15.5 Å². The van der Waals surface area contributed by atoms with E-state index in [1.54, 1.807) is 12.1 Å². The Kier molecular flexibility index (Phi) is 5.14. The molecule has 0 radical (unpaired) electrons. The number of rotatable bonds is 4. The predicted molar refractivity (Wildman–Crippen MR) is 94.6 cm³/mol. The number of ether oxygens (including phenoxy) is 1. The van der Waals surface area contributed by atoms with E-state index in [4.69, 9.17) is 9.88 Å². The van der Waals surface area contributed by atoms with Crippen molar-refractivity contribution in [3.63, 3.8) is 0 Å². The maximum absolute atomic E-state index is 11.4. The minimum atomic E-state index is -3.63. The number of sulfonamides is 1. The van der Waals surface area contributed by atoms with Crippen LogP contribution in [0.2, 0.25) is 0 Å². The van der Waals surface area contributed by atoms with Crippen LogP contribution < -0.4 is 10.5 Å². The van der Waals surface area contributed by atoms with Crippen molar-refractivity contribution in [1.29, 1.82) is 0 Å². The molecule has 1 unspecified atom stereocenters. The monoisotopic (exact) mass is 372 g/mol. The van der Waals surface area contributed by atoms with Gasteiger partial charge in [-0.25, -0.2) is 18.5 Å². The van der Waals surface area contributed by atoms with Crippen molar-refractivity contribution in [1.82, 2.24) is 10.2 Å². The highest BCUT2D eigenvalue weighted by atomic mass is 32.2. The molecular formula is C15H24N4O3S2. The Morgan fingerprint density at radius 1 is 1.50 bits per heavy atom. The lowest BCUT2D eigenvalue weighted by Gasteiger charge is -2.24. The van der Waals surface area contributed by atoms with Gasteiger partial charge in [-0.15, -0.1) is 11.3 Å². The summed E-state index contributed by atoms with van der Waals surface area (Å²) in [6.07, 6.45) is 2.25. The van der Waals surface area contributed by atoms with Crippen LogP contribution in [-0.4, -0.2) is 52.1 Å². The van der Waals surface area contributed by atoms with E-state index in [9.17, 15) is 8.42 Å². The van der Waals surface area contributed by atoms with Gasteiger partial charge in [0.05, 0.1) is 13.2 Å². The SMILES string of the molecule is CCNC(=NCc1ccc(S(N)(=O)=O)s1)N1CCC2(CCOC2)C1. The fourth-order valence-electron chi connectivity index (χ4n) is 3.26. The molecule has 1 spiro atoms. The van der Waals surface area contributed by atoms with Crippen LogP contribution in [-0.2, 0) is 21.3 Å². The van der Waals surface area contributed by atoms with Crippen molar-refractivity contribution >= 4 is 27.3 Å². The van der Waals surface area contributed by atoms with Crippen LogP contribution in [0.25, 0.3) is 0 Å². The van der Waals surface area contributed by atoms with Crippen molar-refractivity contribution in [2.75, 3.05) is 32.8 Å². The van der Waals surface area contributed by atoms with Gasteiger partial charge in [0.2, 0.25) is 10.0 Å². The molecule has 9 heteroatoms. The molecule has 3 heterocycles. The minimum absolute atomic E-state index is 0.181. The van der Waals surface area contributed by atoms with Crippen LogP contribution >= 0.6 is 11.3 Å². The minimum Gasteiger partial charge on any atom is -0.381 e. The first-order valence-corrected chi connectivity index (χ1v) is 10.5. The standard InChI is InChI=1S/C15H24N4O3S2/c1-2-17-14(19-7-5-15(10-19)6-8-22-11-15)18-9-12-3-4-13(23-12)24(16,20)21/h3-4H,2,5-11H2,1H3,(H,17,18)(H2,16,20,21). The zero-order valence-corrected chi connectivity index (χ0v) is 15.5. The van der Waals surface area contributed by atoms with Crippen molar-refractivity contribution < 1.29 is 13.2 Å². The maximum atomic E-state index is 11.4. The molecular weight excluding hydrogens is 348 g/mol. The molecule has 0 aliphatic carbocycles. The van der Waals surface area contributed by atoms with Crippen LogP contribution in [0.3, 0.4) is 0 Å². The fraction of sp³-hybridized carbons (Fsp3) is 0.667. The normalized spacial score (nSPS) is 24.9. The second-order valence-corrected chi connectivity index (χ2v) is 9.37. The van der Waals surface area contributed by atoms with Gasteiger partial charge in [-0.3, -0.25) is 0 Å². The molecule has 2 aliphatic heterocycles. The zero-order chi connectivity index (χ0) is 17.2. The summed E-state index contributed by atoms with van der Waals surface area (Å²) < 4.78 is 28.5. The summed E-state index contributed by atoms with van der Waals surface area (Å²) in [7, 11) is -3.63. The Balaban J connectivity index is 1.69. The summed E-state index contributed by atoms with van der Waals surface area (Å²) in [6.45, 7) is 6.92. The molecule has 2 fully saturated rings. The second-order valence-electron chi connectivity index (χ2n) is 6.41. The summed E-state index contributed by atoms with van der Waals surface area (Å²) in [5, 5.41) is 8.49. The van der Waals surface area contributed by atoms with E-state index in [1.165, 1.54) is 11.3 Å². The molecule has 2 saturated heterocycles. The van der Waals surface area contributed by atoms with Gasteiger partial charge in [0.25, 0.3) is 0 Å². The molecule has 0 amide bonds. The van der Waals surface area contributed by atoms with Crippen molar-refractivity contribution in [3.8, 4) is 0 Å². The van der Waals surface area contributed by atoms with E-state index in [1.807, 2.05) is 6.92 Å². The van der Waals surface area contributed by atoms with E-state index < -0.39 is 10.0 Å². The highest BCUT2D eigenvalue weighted by Crippen LogP contribution is 2.38. The molecule has 1 aromatic rings. The number of thiophene rings is 1. The number of hydrogen-bond donors (Lipinski definition) is 2. The van der Waals surface area contributed by atoms with Crippen LogP contribution in [0.5, 0.6) is 0 Å². The van der Waals surface area contributed by atoms with Gasteiger partial charge in [-0.05, 0) is 31.9 Å². The van der Waals surface area contributed by atoms with E-state index >= 15 is 0 Å². The molecule has 0 aromatic carbocycles. The van der Waals surface area contributed by atoms with Gasteiger partial charge >= 0.3 is 0 Å². The number of nitrogens with two attached hydrogens (primary N) is 1. The van der Waals surface area contributed by atoms with Crippen LogP contribution in [0.15, 0.2) is 21.3 Å². The first kappa shape index (κ1) is 17.7. The highest BCUT2D eigenvalue weighted by Gasteiger charge is 2.42. The highest BCUT2D eigenvalue weighted by molar-refractivity contribution is 7.91. The van der Waals surface area contributed by atoms with Gasteiger partial charge in [0, 0.05) is 36.5 Å². The maximum Gasteiger partial charge on any atom is 0.247 e. The summed E-state index contributed by atoms with van der Waals surface area (Å²) >= 11 is 1.17. The third-order valence-electron chi connectivity index (χ3n) is 4.56. The molecule has 1 atom stereocenters. The number of hydrogen-bond acceptors (Lipinski definition) is 5. The Morgan fingerprint density at radius 3 is 2.96 bits per heavy atom. The molecule has 1 aromatic heterocycles. The molecule has 24 heavy (non-hydrogen) atoms. The lowest BCUT2D eigenvalue weighted by atomic mass is 9.87. The van der Waals surface area contributed by atoms with Gasteiger partial charge in [0.1, 0.15) is 4.21 Å². The average molecular weight is 373 g/mol. The van der Waals surface area contributed by atoms with Gasteiger partial charge < -0.3 is 15.0 Å². The Labute approximate surface area is 146 Å². The predicted octanol–water partition coefficient (Wildman–Crippen LogP) is 0.973. The number of guanidine groups is 1. The first-order valence-electron chi connectivity index (χ1n) is 8.14. The topological polar surface area (TPSA) is 97.0 Å². The Bertz CT molecular complexity index is 708. The smallest absolute Gasteiger partial charge is 0.247 e. The third-order valence-corrected chi connectivity index (χ3v) is 7.07. The van der Waals surface area contributed by atoms with Crippen molar-refractivity contribution in [3.05, 3.63) is 17.0 Å². The first-order chi connectivity index (χ1) is 11.4. The van der Waals surface area contributed by atoms with Crippen molar-refractivity contribution in [2.45, 2.75) is 30.5 Å². The summed E-state index contributed by atoms with van der Waals surface area (Å²) in [5.41, 5.74) is 0.278. The molecule has 134 valence electrons. The quantitative estimate of drug-likeness (QED) is 0.606. The zero-order valence-electron chi connectivity index (χ0n) is 13.8. The second kappa shape index (κ2) is 6.99. The summed E-state index contributed by atoms with van der Waals surface area (Å²) in [6, 6.07) is 3.31. The Morgan fingerprint density at radius 2 is 2.33 bits per heavy atom. The fourth-order valence-corrected chi connectivity index (χ4v) is 4.97. The number of aliphatic imine (C=N–C) groups is 1. The number of nitrogens with zero attached hydrogens (tertiary/aromatic N) is 2. The molecule has 0 bridgehead atoms. The average Bonchev–Trinajstić information content (AvgIpc) is 3.25. The van der Waals surface area contributed by atoms with Gasteiger partial charge in [-0.1, -0.05) is 0 Å². The molecule has 3 rings (SSSR count). The lowest BCUT2D eigenvalue weighted by Crippen LogP contribution is -2.41. The van der Waals surface area contributed by atoms with Crippen LogP contribution in [0, 0.1) is 5.41 Å². The van der Waals surface area contributed by atoms with E-state index in [0.717, 1.165) is 56.5 Å². The van der Waals surface area contributed by atoms with E-state index in [2.05, 4.69) is 15.2 Å². The number of likely N-dealkylation sites (tertiary alicyclic amines) is 1. The Hall–Kier alpha value is -1.16. The molecule has 7 nitrogen and oxygen atoms in total. The molecule has 3 N–H and O–H groups in total. The van der Waals surface area contributed by atoms with Gasteiger partial charge in [-0.2, -0.15) is 0 Å². The number of primary sulfonamides is 1. The van der Waals surface area contributed by atoms with E-state index in [-0.39, 0.29) is 9.62 Å². The van der Waals surface area contributed by atoms with E-state index in [0.29, 0.717) is 6.54 Å². The number of nitrogens with one attached hydrogen (secondary N) is 1. The summed E-state index contributed by atoms with van der Waals surface area (Å²) in [5.74, 6) is 0.881. The van der Waals surface area contributed by atoms with Gasteiger partial charge in [0.15, 0.2) is 5.96 Å². The molecule has 0 saturated carbocycles. The third kappa shape index (κ3) is 3.90. The van der Waals surface area contributed by atoms with Crippen LogP contribution in [0.4, 0.5) is 0 Å². The lowest BCUT2D eigenvalue weighted by molar-refractivity contribution is 0.156.